The zero-order valence-corrected chi connectivity index (χ0v) is 45.9. The van der Waals surface area contributed by atoms with Crippen molar-refractivity contribution < 1.29 is 0 Å². The molecule has 14 aromatic rings. The lowest BCUT2D eigenvalue weighted by Gasteiger charge is -2.10. The summed E-state index contributed by atoms with van der Waals surface area (Å²) in [6.45, 7) is 0. The van der Waals surface area contributed by atoms with Crippen LogP contribution in [0.25, 0.3) is 136 Å². The summed E-state index contributed by atoms with van der Waals surface area (Å²) in [5.41, 5.74) is 21.0. The Balaban J connectivity index is 0.000000145. The Hall–Kier alpha value is -11.9. The Bertz CT molecular complexity index is 4410. The fourth-order valence-corrected chi connectivity index (χ4v) is 11.0. The van der Waals surface area contributed by atoms with Crippen LogP contribution in [0.15, 0.2) is 256 Å². The number of benzene rings is 6. The van der Waals surface area contributed by atoms with Gasteiger partial charge in [-0.25, -0.2) is 54.8 Å². The predicted octanol–water partition coefficient (Wildman–Crippen LogP) is 14.7. The van der Waals surface area contributed by atoms with Crippen LogP contribution in [-0.2, 0) is 12.8 Å². The molecule has 0 saturated heterocycles. The molecule has 2 aliphatic carbocycles. The van der Waals surface area contributed by atoms with Gasteiger partial charge in [0.25, 0.3) is 0 Å². The van der Waals surface area contributed by atoms with Crippen LogP contribution < -0.4 is 0 Å². The lowest BCUT2D eigenvalue weighted by molar-refractivity contribution is 1.06. The molecule has 0 amide bonds. The first-order valence-electron chi connectivity index (χ1n) is 28.1. The summed E-state index contributed by atoms with van der Waals surface area (Å²) in [6, 6.07) is 74.3. The quantitative estimate of drug-likeness (QED) is 0.126. The van der Waals surface area contributed by atoms with Gasteiger partial charge < -0.3 is 0 Å². The van der Waals surface area contributed by atoms with Gasteiger partial charge in [0.05, 0.1) is 45.6 Å². The average molecular weight is 1110 g/mol. The topological polar surface area (TPSA) is 180 Å². The summed E-state index contributed by atoms with van der Waals surface area (Å²) in [4.78, 5) is 66.6. The van der Waals surface area contributed by atoms with Crippen molar-refractivity contribution in [2.24, 2.45) is 0 Å². The van der Waals surface area contributed by atoms with Gasteiger partial charge in [0.2, 0.25) is 0 Å². The maximum Gasteiger partial charge on any atom is 0.182 e. The van der Waals surface area contributed by atoms with Gasteiger partial charge >= 0.3 is 0 Å². The highest BCUT2D eigenvalue weighted by atomic mass is 15.1. The van der Waals surface area contributed by atoms with Crippen molar-refractivity contribution in [2.75, 3.05) is 0 Å². The van der Waals surface area contributed by atoms with E-state index in [1.54, 1.807) is 31.2 Å². The zero-order chi connectivity index (χ0) is 57.2. The second kappa shape index (κ2) is 22.5. The maximum atomic E-state index is 4.97. The molecule has 0 fully saturated rings. The third kappa shape index (κ3) is 10.1. The number of nitrogens with zero attached hydrogens (tertiary/aromatic N) is 14. The molecule has 0 N–H and O–H groups in total. The second-order valence-electron chi connectivity index (χ2n) is 20.5. The Morgan fingerprint density at radius 3 is 1.00 bits per heavy atom. The van der Waals surface area contributed by atoms with Gasteiger partial charge in [0, 0.05) is 92.6 Å². The molecule has 14 heteroatoms. The summed E-state index contributed by atoms with van der Waals surface area (Å²) in [5, 5.41) is 0. The van der Waals surface area contributed by atoms with E-state index in [0.717, 1.165) is 108 Å². The first kappa shape index (κ1) is 51.0. The van der Waals surface area contributed by atoms with E-state index in [-0.39, 0.29) is 0 Å². The van der Waals surface area contributed by atoms with Gasteiger partial charge in [-0.1, -0.05) is 176 Å². The zero-order valence-electron chi connectivity index (χ0n) is 45.9. The monoisotopic (exact) mass is 1110 g/mol. The van der Waals surface area contributed by atoms with Crippen LogP contribution in [0.4, 0.5) is 0 Å². The van der Waals surface area contributed by atoms with Crippen LogP contribution in [0.2, 0.25) is 0 Å². The van der Waals surface area contributed by atoms with Crippen molar-refractivity contribution >= 4 is 0 Å². The molecule has 0 atom stereocenters. The summed E-state index contributed by atoms with van der Waals surface area (Å²) in [5.74, 6) is 3.48. The standard InChI is InChI=1S/2C36H23N7/c1-3-10-23(11-4-1)34-41-35(24-12-5-2-6-13-24)43-36(42-34)30-17-9-16-29(40-30)31-21-26(18-19-37-31)32-28-20-25-14-7-8-15-27(25)33(28)39-22-38-32;1-3-9-23(10-4-1)34-41-35(24-11-5-2-6-12-24)43-36(42-34)27-16-18-38-31(21-27)30-20-26(15-17-37-30)32-29-19-25-13-7-8-14-28(25)33(29)40-22-39-32/h1-19,21-22H,20H2;1-18,20-22H,19H2. The highest BCUT2D eigenvalue weighted by molar-refractivity contribution is 5.83. The van der Waals surface area contributed by atoms with E-state index in [0.29, 0.717) is 40.6 Å². The molecule has 404 valence electrons. The fourth-order valence-electron chi connectivity index (χ4n) is 11.0. The van der Waals surface area contributed by atoms with E-state index < -0.39 is 0 Å². The van der Waals surface area contributed by atoms with Crippen molar-refractivity contribution in [1.82, 2.24) is 69.8 Å². The Morgan fingerprint density at radius 1 is 0.221 bits per heavy atom. The molecule has 8 heterocycles. The third-order valence-electron chi connectivity index (χ3n) is 15.2. The molecule has 0 unspecified atom stereocenters. The molecule has 0 bridgehead atoms. The molecule has 0 radical (unpaired) electrons. The smallest absolute Gasteiger partial charge is 0.182 e. The highest BCUT2D eigenvalue weighted by Crippen LogP contribution is 2.41. The summed E-state index contributed by atoms with van der Waals surface area (Å²) < 4.78 is 0. The number of fused-ring (bicyclic) bond motifs is 6. The lowest BCUT2D eigenvalue weighted by atomic mass is 10.0. The molecule has 8 aromatic heterocycles. The van der Waals surface area contributed by atoms with Crippen molar-refractivity contribution in [1.29, 1.82) is 0 Å². The molecule has 0 saturated carbocycles. The Morgan fingerprint density at radius 2 is 0.558 bits per heavy atom. The van der Waals surface area contributed by atoms with E-state index in [1.807, 2.05) is 176 Å². The SMILES string of the molecule is c1ccc(-c2nc(-c3ccccc3)nc(-c3cccc(-c4cc(-c5ncnc6c5Cc5ccccc5-6)ccn4)n3)n2)cc1.c1ccc(-c2nc(-c3ccccc3)nc(-c3ccnc(-c4cc(-c5ncnc6c5Cc5ccccc5-6)ccn4)c3)n2)cc1. The number of aromatic nitrogens is 14. The van der Waals surface area contributed by atoms with Gasteiger partial charge in [-0.2, -0.15) is 0 Å². The normalized spacial score (nSPS) is 11.6. The number of hydrogen-bond donors (Lipinski definition) is 0. The molecule has 16 rings (SSSR count). The molecule has 6 aromatic carbocycles. The maximum absolute atomic E-state index is 4.97. The minimum atomic E-state index is 0.497. The summed E-state index contributed by atoms with van der Waals surface area (Å²) >= 11 is 0. The van der Waals surface area contributed by atoms with Crippen molar-refractivity contribution in [3.8, 4) is 136 Å². The van der Waals surface area contributed by atoms with Crippen LogP contribution in [0.5, 0.6) is 0 Å². The van der Waals surface area contributed by atoms with Crippen LogP contribution in [0.1, 0.15) is 22.3 Å². The Labute approximate surface area is 494 Å². The molecule has 0 aliphatic heterocycles. The van der Waals surface area contributed by atoms with Crippen molar-refractivity contribution in [3.05, 3.63) is 278 Å². The number of hydrogen-bond acceptors (Lipinski definition) is 14. The van der Waals surface area contributed by atoms with Crippen molar-refractivity contribution in [3.63, 3.8) is 0 Å². The van der Waals surface area contributed by atoms with Gasteiger partial charge in [-0.15, -0.1) is 0 Å². The van der Waals surface area contributed by atoms with Gasteiger partial charge in [0.1, 0.15) is 18.3 Å². The molecule has 86 heavy (non-hydrogen) atoms. The van der Waals surface area contributed by atoms with E-state index in [1.165, 1.54) is 22.3 Å². The first-order chi connectivity index (χ1) is 42.6. The van der Waals surface area contributed by atoms with Crippen LogP contribution >= 0.6 is 0 Å². The van der Waals surface area contributed by atoms with E-state index in [9.17, 15) is 0 Å². The second-order valence-corrected chi connectivity index (χ2v) is 20.5. The minimum Gasteiger partial charge on any atom is -0.255 e. The van der Waals surface area contributed by atoms with Crippen LogP contribution in [0, 0.1) is 0 Å². The van der Waals surface area contributed by atoms with Gasteiger partial charge in [-0.05, 0) is 59.7 Å². The van der Waals surface area contributed by atoms with E-state index in [2.05, 4.69) is 73.5 Å². The van der Waals surface area contributed by atoms with E-state index >= 15 is 0 Å². The predicted molar refractivity (Wildman–Crippen MR) is 333 cm³/mol. The molecule has 14 nitrogen and oxygen atoms in total. The van der Waals surface area contributed by atoms with Gasteiger partial charge in [-0.3, -0.25) is 15.0 Å². The lowest BCUT2D eigenvalue weighted by Crippen LogP contribution is -2.01. The van der Waals surface area contributed by atoms with Gasteiger partial charge in [0.15, 0.2) is 34.9 Å². The third-order valence-corrected chi connectivity index (χ3v) is 15.2. The molecule has 0 spiro atoms. The van der Waals surface area contributed by atoms with Crippen molar-refractivity contribution in [2.45, 2.75) is 12.8 Å². The number of pyridine rings is 4. The summed E-state index contributed by atoms with van der Waals surface area (Å²) in [7, 11) is 0. The minimum absolute atomic E-state index is 0.497. The fraction of sp³-hybridized carbons (Fsp3) is 0.0278. The summed E-state index contributed by atoms with van der Waals surface area (Å²) in [6.07, 6.45) is 10.3. The highest BCUT2D eigenvalue weighted by Gasteiger charge is 2.26. The Kier molecular flexibility index (Phi) is 13.3. The van der Waals surface area contributed by atoms with Crippen LogP contribution in [-0.4, -0.2) is 69.8 Å². The largest absolute Gasteiger partial charge is 0.255 e. The molecular formula is C72H46N14. The number of rotatable bonds is 10. The first-order valence-corrected chi connectivity index (χ1v) is 28.1. The average Bonchev–Trinajstić information content (AvgIpc) is 4.30. The van der Waals surface area contributed by atoms with E-state index in [4.69, 9.17) is 44.9 Å². The van der Waals surface area contributed by atoms with Crippen LogP contribution in [0.3, 0.4) is 0 Å². The molecule has 2 aliphatic rings. The molecular weight excluding hydrogens is 1060 g/mol.